The molecule has 3 N–H and O–H groups in total. The predicted molar refractivity (Wildman–Crippen MR) is 54.2 cm³/mol. The van der Waals surface area contributed by atoms with Gasteiger partial charge in [0.05, 0.1) is 11.8 Å². The molecular weight excluding hydrogens is 196 g/mol. The standard InChI is InChI=1S/C9H16N4O2/c1-3-9(15,4-2)6-10-8(14)7-5-11-13-12-7/h5,15H,3-4,6H2,1-2H3,(H,10,14)(H,11,12,13). The molecule has 0 unspecified atom stereocenters. The van der Waals surface area contributed by atoms with Gasteiger partial charge in [-0.2, -0.15) is 15.4 Å². The van der Waals surface area contributed by atoms with Gasteiger partial charge in [0.25, 0.3) is 5.91 Å². The summed E-state index contributed by atoms with van der Waals surface area (Å²) < 4.78 is 0. The van der Waals surface area contributed by atoms with Gasteiger partial charge in [-0.1, -0.05) is 13.8 Å². The molecule has 0 saturated heterocycles. The molecule has 1 rings (SSSR count). The molecule has 1 heterocycles. The smallest absolute Gasteiger partial charge is 0.273 e. The molecule has 84 valence electrons. The zero-order chi connectivity index (χ0) is 11.3. The molecule has 6 nitrogen and oxygen atoms in total. The quantitative estimate of drug-likeness (QED) is 0.645. The number of hydrogen-bond donors (Lipinski definition) is 3. The van der Waals surface area contributed by atoms with Crippen LogP contribution in [0.5, 0.6) is 0 Å². The van der Waals surface area contributed by atoms with Crippen molar-refractivity contribution in [2.75, 3.05) is 6.54 Å². The maximum Gasteiger partial charge on any atom is 0.273 e. The first-order valence-electron chi connectivity index (χ1n) is 4.97. The van der Waals surface area contributed by atoms with Crippen LogP contribution < -0.4 is 5.32 Å². The van der Waals surface area contributed by atoms with E-state index in [1.165, 1.54) is 6.20 Å². The minimum Gasteiger partial charge on any atom is -0.388 e. The van der Waals surface area contributed by atoms with Crippen LogP contribution in [0.2, 0.25) is 0 Å². The van der Waals surface area contributed by atoms with Gasteiger partial charge in [-0.3, -0.25) is 4.79 Å². The Hall–Kier alpha value is -1.43. The highest BCUT2D eigenvalue weighted by Gasteiger charge is 2.23. The Balaban J connectivity index is 2.47. The first kappa shape index (κ1) is 11.6. The molecule has 0 atom stereocenters. The summed E-state index contributed by atoms with van der Waals surface area (Å²) in [5.41, 5.74) is -0.607. The van der Waals surface area contributed by atoms with E-state index in [-0.39, 0.29) is 18.1 Å². The summed E-state index contributed by atoms with van der Waals surface area (Å²) in [6.45, 7) is 3.99. The van der Waals surface area contributed by atoms with Crippen molar-refractivity contribution in [3.8, 4) is 0 Å². The number of nitrogens with zero attached hydrogens (tertiary/aromatic N) is 2. The van der Waals surface area contributed by atoms with Crippen molar-refractivity contribution in [2.24, 2.45) is 0 Å². The number of H-pyrrole nitrogens is 1. The summed E-state index contributed by atoms with van der Waals surface area (Å²) in [4.78, 5) is 11.4. The summed E-state index contributed by atoms with van der Waals surface area (Å²) >= 11 is 0. The Morgan fingerprint density at radius 3 is 2.73 bits per heavy atom. The van der Waals surface area contributed by atoms with E-state index in [0.29, 0.717) is 12.8 Å². The summed E-state index contributed by atoms with van der Waals surface area (Å²) in [6, 6.07) is 0. The number of carbonyl (C=O) groups is 1. The van der Waals surface area contributed by atoms with Crippen LogP contribution in [0.25, 0.3) is 0 Å². The molecule has 0 spiro atoms. The maximum absolute atomic E-state index is 11.4. The van der Waals surface area contributed by atoms with Crippen molar-refractivity contribution in [1.82, 2.24) is 20.7 Å². The van der Waals surface area contributed by atoms with Gasteiger partial charge in [0, 0.05) is 6.54 Å². The molecule has 0 aliphatic carbocycles. The van der Waals surface area contributed by atoms with E-state index in [9.17, 15) is 9.90 Å². The molecule has 1 amide bonds. The van der Waals surface area contributed by atoms with E-state index in [1.54, 1.807) is 0 Å². The van der Waals surface area contributed by atoms with Crippen LogP contribution in [-0.2, 0) is 0 Å². The van der Waals surface area contributed by atoms with Crippen LogP contribution in [-0.4, -0.2) is 38.6 Å². The number of nitrogens with one attached hydrogen (secondary N) is 2. The van der Waals surface area contributed by atoms with E-state index >= 15 is 0 Å². The fraction of sp³-hybridized carbons (Fsp3) is 0.667. The Morgan fingerprint density at radius 1 is 1.60 bits per heavy atom. The Bertz CT molecular complexity index is 306. The number of aromatic nitrogens is 3. The summed E-state index contributed by atoms with van der Waals surface area (Å²) in [5.74, 6) is -0.330. The second kappa shape index (κ2) is 4.88. The number of aliphatic hydroxyl groups is 1. The van der Waals surface area contributed by atoms with Gasteiger partial charge in [0.1, 0.15) is 0 Å². The number of rotatable bonds is 5. The SMILES string of the molecule is CCC(O)(CC)CNC(=O)c1cn[nH]n1. The van der Waals surface area contributed by atoms with Crippen molar-refractivity contribution >= 4 is 5.91 Å². The van der Waals surface area contributed by atoms with Crippen LogP contribution in [0.4, 0.5) is 0 Å². The lowest BCUT2D eigenvalue weighted by Crippen LogP contribution is -2.42. The fourth-order valence-corrected chi connectivity index (χ4v) is 1.15. The third-order valence-electron chi connectivity index (χ3n) is 2.54. The van der Waals surface area contributed by atoms with Gasteiger partial charge in [0.15, 0.2) is 5.69 Å². The molecule has 1 aromatic rings. The number of carbonyl (C=O) groups excluding carboxylic acids is 1. The van der Waals surface area contributed by atoms with Gasteiger partial charge in [-0.05, 0) is 12.8 Å². The molecule has 0 saturated carbocycles. The van der Waals surface area contributed by atoms with Crippen LogP contribution >= 0.6 is 0 Å². The van der Waals surface area contributed by atoms with E-state index < -0.39 is 5.60 Å². The average molecular weight is 212 g/mol. The minimum atomic E-state index is -0.834. The van der Waals surface area contributed by atoms with Crippen molar-refractivity contribution in [3.05, 3.63) is 11.9 Å². The molecule has 0 bridgehead atoms. The van der Waals surface area contributed by atoms with Crippen LogP contribution in [0.1, 0.15) is 37.2 Å². The molecule has 0 fully saturated rings. The zero-order valence-corrected chi connectivity index (χ0v) is 8.95. The molecule has 0 aromatic carbocycles. The lowest BCUT2D eigenvalue weighted by Gasteiger charge is -2.24. The first-order chi connectivity index (χ1) is 7.11. The highest BCUT2D eigenvalue weighted by molar-refractivity contribution is 5.91. The van der Waals surface area contributed by atoms with Gasteiger partial charge < -0.3 is 10.4 Å². The lowest BCUT2D eigenvalue weighted by molar-refractivity contribution is 0.0313. The minimum absolute atomic E-state index is 0.226. The second-order valence-electron chi connectivity index (χ2n) is 3.47. The van der Waals surface area contributed by atoms with E-state index in [4.69, 9.17) is 0 Å². The van der Waals surface area contributed by atoms with Gasteiger partial charge in [-0.15, -0.1) is 0 Å². The molecule has 0 radical (unpaired) electrons. The maximum atomic E-state index is 11.4. The van der Waals surface area contributed by atoms with E-state index in [1.807, 2.05) is 13.8 Å². The molecule has 6 heteroatoms. The molecule has 1 aromatic heterocycles. The second-order valence-corrected chi connectivity index (χ2v) is 3.47. The van der Waals surface area contributed by atoms with Gasteiger partial charge >= 0.3 is 0 Å². The summed E-state index contributed by atoms with van der Waals surface area (Å²) in [6.07, 6.45) is 2.54. The van der Waals surface area contributed by atoms with Crippen molar-refractivity contribution in [3.63, 3.8) is 0 Å². The fourth-order valence-electron chi connectivity index (χ4n) is 1.15. The molecule has 0 aliphatic heterocycles. The highest BCUT2D eigenvalue weighted by atomic mass is 16.3. The molecule has 0 aliphatic rings. The average Bonchev–Trinajstić information content (AvgIpc) is 2.79. The zero-order valence-electron chi connectivity index (χ0n) is 8.95. The molecular formula is C9H16N4O2. The topological polar surface area (TPSA) is 90.9 Å². The predicted octanol–water partition coefficient (Wildman–Crippen LogP) is 0.0856. The van der Waals surface area contributed by atoms with Crippen LogP contribution in [0.3, 0.4) is 0 Å². The highest BCUT2D eigenvalue weighted by Crippen LogP contribution is 2.12. The van der Waals surface area contributed by atoms with Gasteiger partial charge in [0.2, 0.25) is 0 Å². The normalized spacial score (nSPS) is 11.4. The van der Waals surface area contributed by atoms with Crippen LogP contribution in [0.15, 0.2) is 6.20 Å². The third-order valence-corrected chi connectivity index (χ3v) is 2.54. The van der Waals surface area contributed by atoms with Crippen molar-refractivity contribution in [2.45, 2.75) is 32.3 Å². The van der Waals surface area contributed by atoms with Crippen molar-refractivity contribution in [1.29, 1.82) is 0 Å². The van der Waals surface area contributed by atoms with Gasteiger partial charge in [-0.25, -0.2) is 0 Å². The van der Waals surface area contributed by atoms with E-state index in [0.717, 1.165) is 0 Å². The third kappa shape index (κ3) is 3.02. The Morgan fingerprint density at radius 2 is 2.27 bits per heavy atom. The Labute approximate surface area is 88.1 Å². The number of aromatic amines is 1. The monoisotopic (exact) mass is 212 g/mol. The summed E-state index contributed by atoms with van der Waals surface area (Å²) in [5, 5.41) is 22.1. The number of hydrogen-bond acceptors (Lipinski definition) is 4. The number of amides is 1. The summed E-state index contributed by atoms with van der Waals surface area (Å²) in [7, 11) is 0. The first-order valence-corrected chi connectivity index (χ1v) is 4.97. The van der Waals surface area contributed by atoms with E-state index in [2.05, 4.69) is 20.7 Å². The van der Waals surface area contributed by atoms with Crippen LogP contribution in [0, 0.1) is 0 Å². The Kier molecular flexibility index (Phi) is 3.79. The molecule has 15 heavy (non-hydrogen) atoms. The lowest BCUT2D eigenvalue weighted by atomic mass is 9.97. The largest absolute Gasteiger partial charge is 0.388 e. The van der Waals surface area contributed by atoms with Crippen molar-refractivity contribution < 1.29 is 9.90 Å².